The van der Waals surface area contributed by atoms with Gasteiger partial charge in [-0.1, -0.05) is 61.4 Å². The molecule has 2 amide bonds. The molecule has 7 heteroatoms. The molecule has 0 aliphatic carbocycles. The van der Waals surface area contributed by atoms with E-state index >= 15 is 0 Å². The molecule has 1 heterocycles. The Morgan fingerprint density at radius 3 is 2.67 bits per heavy atom. The summed E-state index contributed by atoms with van der Waals surface area (Å²) in [5.41, 5.74) is 0.524. The van der Waals surface area contributed by atoms with E-state index in [2.05, 4.69) is 27.8 Å². The Balaban J connectivity index is 1.50. The van der Waals surface area contributed by atoms with Crippen molar-refractivity contribution in [1.82, 2.24) is 15.5 Å². The first-order valence-electron chi connectivity index (χ1n) is 9.05. The number of benzene rings is 2. The Kier molecular flexibility index (Phi) is 6.49. The molecular weight excluding hydrogens is 360 g/mol. The molecular formula is C20H22N4O2S. The molecule has 0 saturated carbocycles. The maximum atomic E-state index is 12.3. The normalized spacial score (nSPS) is 10.7. The van der Waals surface area contributed by atoms with Crippen LogP contribution < -0.4 is 10.6 Å². The van der Waals surface area contributed by atoms with Crippen LogP contribution in [0.4, 0.5) is 5.13 Å². The molecule has 0 spiro atoms. The van der Waals surface area contributed by atoms with Crippen molar-refractivity contribution in [3.05, 3.63) is 53.0 Å². The monoisotopic (exact) mass is 382 g/mol. The van der Waals surface area contributed by atoms with Gasteiger partial charge in [-0.15, -0.1) is 10.2 Å². The highest BCUT2D eigenvalue weighted by molar-refractivity contribution is 7.15. The number of anilines is 1. The summed E-state index contributed by atoms with van der Waals surface area (Å²) in [6.45, 7) is 2.04. The lowest BCUT2D eigenvalue weighted by Crippen LogP contribution is -2.32. The maximum Gasteiger partial charge on any atom is 0.251 e. The van der Waals surface area contributed by atoms with E-state index in [1.165, 1.54) is 11.3 Å². The van der Waals surface area contributed by atoms with Gasteiger partial charge in [0.05, 0.1) is 6.54 Å². The third-order valence-corrected chi connectivity index (χ3v) is 5.03. The molecule has 3 aromatic rings. The standard InChI is InChI=1S/C20H22N4O2S/c1-2-3-4-9-18-23-24-20(27-18)22-17(25)13-21-19(26)16-11-10-14-7-5-6-8-15(14)12-16/h5-8,10-12H,2-4,9,13H2,1H3,(H,21,26)(H,22,24,25). The van der Waals surface area contributed by atoms with Gasteiger partial charge in [0.1, 0.15) is 5.01 Å². The third kappa shape index (κ3) is 5.34. The number of unbranched alkanes of at least 4 members (excludes halogenated alkanes) is 2. The van der Waals surface area contributed by atoms with Gasteiger partial charge in [0.25, 0.3) is 5.91 Å². The number of amides is 2. The molecule has 0 radical (unpaired) electrons. The second-order valence-corrected chi connectivity index (χ2v) is 7.31. The zero-order valence-electron chi connectivity index (χ0n) is 15.2. The van der Waals surface area contributed by atoms with E-state index in [-0.39, 0.29) is 18.4 Å². The second-order valence-electron chi connectivity index (χ2n) is 6.25. The van der Waals surface area contributed by atoms with E-state index in [9.17, 15) is 9.59 Å². The number of rotatable bonds is 8. The average molecular weight is 382 g/mol. The van der Waals surface area contributed by atoms with E-state index in [1.807, 2.05) is 36.4 Å². The van der Waals surface area contributed by atoms with Gasteiger partial charge in [-0.3, -0.25) is 14.9 Å². The molecule has 140 valence electrons. The molecule has 0 aliphatic heterocycles. The number of nitrogens with one attached hydrogen (secondary N) is 2. The van der Waals surface area contributed by atoms with E-state index in [0.717, 1.165) is 41.5 Å². The molecule has 1 aromatic heterocycles. The quantitative estimate of drug-likeness (QED) is 0.581. The lowest BCUT2D eigenvalue weighted by molar-refractivity contribution is -0.115. The van der Waals surface area contributed by atoms with Crippen molar-refractivity contribution >= 4 is 39.1 Å². The number of nitrogens with zero attached hydrogens (tertiary/aromatic N) is 2. The Bertz CT molecular complexity index is 938. The van der Waals surface area contributed by atoms with Gasteiger partial charge in [0.2, 0.25) is 11.0 Å². The van der Waals surface area contributed by atoms with Crippen molar-refractivity contribution in [1.29, 1.82) is 0 Å². The van der Waals surface area contributed by atoms with Gasteiger partial charge < -0.3 is 5.32 Å². The number of carbonyl (C=O) groups excluding carboxylic acids is 2. The predicted octanol–water partition coefficient (Wildman–Crippen LogP) is 3.79. The van der Waals surface area contributed by atoms with Gasteiger partial charge in [-0.2, -0.15) is 0 Å². The first-order chi connectivity index (χ1) is 13.2. The van der Waals surface area contributed by atoms with Crippen molar-refractivity contribution in [3.63, 3.8) is 0 Å². The fourth-order valence-corrected chi connectivity index (χ4v) is 3.49. The van der Waals surface area contributed by atoms with Crippen molar-refractivity contribution in [2.75, 3.05) is 11.9 Å². The van der Waals surface area contributed by atoms with Gasteiger partial charge in [0, 0.05) is 12.0 Å². The molecule has 3 rings (SSSR count). The molecule has 0 atom stereocenters. The number of fused-ring (bicyclic) bond motifs is 1. The van der Waals surface area contributed by atoms with Gasteiger partial charge in [-0.25, -0.2) is 0 Å². The summed E-state index contributed by atoms with van der Waals surface area (Å²) in [4.78, 5) is 24.3. The minimum Gasteiger partial charge on any atom is -0.343 e. The van der Waals surface area contributed by atoms with Crippen LogP contribution in [0.5, 0.6) is 0 Å². The lowest BCUT2D eigenvalue weighted by Gasteiger charge is -2.06. The van der Waals surface area contributed by atoms with Crippen LogP contribution in [0.25, 0.3) is 10.8 Å². The van der Waals surface area contributed by atoms with Crippen LogP contribution in [0.3, 0.4) is 0 Å². The molecule has 0 unspecified atom stereocenters. The molecule has 27 heavy (non-hydrogen) atoms. The lowest BCUT2D eigenvalue weighted by atomic mass is 10.1. The van der Waals surface area contributed by atoms with Crippen molar-refractivity contribution in [3.8, 4) is 0 Å². The van der Waals surface area contributed by atoms with Gasteiger partial charge in [-0.05, 0) is 29.3 Å². The molecule has 0 fully saturated rings. The topological polar surface area (TPSA) is 84.0 Å². The number of carbonyl (C=O) groups is 2. The largest absolute Gasteiger partial charge is 0.343 e. The van der Waals surface area contributed by atoms with Crippen LogP contribution in [0.15, 0.2) is 42.5 Å². The van der Waals surface area contributed by atoms with Gasteiger partial charge in [0.15, 0.2) is 0 Å². The molecule has 0 bridgehead atoms. The molecule has 0 saturated heterocycles. The summed E-state index contributed by atoms with van der Waals surface area (Å²) in [5, 5.41) is 16.8. The molecule has 2 aromatic carbocycles. The van der Waals surface area contributed by atoms with E-state index in [0.29, 0.717) is 10.7 Å². The molecule has 6 nitrogen and oxygen atoms in total. The first kappa shape index (κ1) is 19.0. The minimum absolute atomic E-state index is 0.115. The summed E-state index contributed by atoms with van der Waals surface area (Å²) >= 11 is 1.38. The number of aromatic nitrogens is 2. The van der Waals surface area contributed by atoms with Crippen molar-refractivity contribution < 1.29 is 9.59 Å². The zero-order chi connectivity index (χ0) is 19.1. The fraction of sp³-hybridized carbons (Fsp3) is 0.300. The van der Waals surface area contributed by atoms with Crippen LogP contribution in [-0.2, 0) is 11.2 Å². The summed E-state index contributed by atoms with van der Waals surface area (Å²) in [7, 11) is 0. The summed E-state index contributed by atoms with van der Waals surface area (Å²) in [5.74, 6) is -0.603. The Hall–Kier alpha value is -2.80. The van der Waals surface area contributed by atoms with E-state index in [1.54, 1.807) is 6.07 Å². The number of hydrogen-bond donors (Lipinski definition) is 2. The number of hydrogen-bond acceptors (Lipinski definition) is 5. The van der Waals surface area contributed by atoms with Crippen LogP contribution in [0.2, 0.25) is 0 Å². The summed E-state index contributed by atoms with van der Waals surface area (Å²) in [6.07, 6.45) is 4.25. The van der Waals surface area contributed by atoms with Crippen LogP contribution in [0, 0.1) is 0 Å². The number of aryl methyl sites for hydroxylation is 1. The molecule has 0 aliphatic rings. The maximum absolute atomic E-state index is 12.3. The molecule has 2 N–H and O–H groups in total. The first-order valence-corrected chi connectivity index (χ1v) is 9.86. The SMILES string of the molecule is CCCCCc1nnc(NC(=O)CNC(=O)c2ccc3ccccc3c2)s1. The average Bonchev–Trinajstić information content (AvgIpc) is 3.13. The minimum atomic E-state index is -0.319. The Morgan fingerprint density at radius 1 is 1.04 bits per heavy atom. The summed E-state index contributed by atoms with van der Waals surface area (Å²) in [6, 6.07) is 13.3. The highest BCUT2D eigenvalue weighted by Crippen LogP contribution is 2.17. The Morgan fingerprint density at radius 2 is 1.85 bits per heavy atom. The van der Waals surface area contributed by atoms with Crippen LogP contribution in [-0.4, -0.2) is 28.6 Å². The smallest absolute Gasteiger partial charge is 0.251 e. The van der Waals surface area contributed by atoms with Crippen LogP contribution in [0.1, 0.15) is 41.6 Å². The predicted molar refractivity (Wildman–Crippen MR) is 108 cm³/mol. The second kappa shape index (κ2) is 9.23. The van der Waals surface area contributed by atoms with E-state index < -0.39 is 0 Å². The van der Waals surface area contributed by atoms with E-state index in [4.69, 9.17) is 0 Å². The zero-order valence-corrected chi connectivity index (χ0v) is 16.0. The van der Waals surface area contributed by atoms with Crippen molar-refractivity contribution in [2.45, 2.75) is 32.6 Å². The third-order valence-electron chi connectivity index (χ3n) is 4.13. The summed E-state index contributed by atoms with van der Waals surface area (Å²) < 4.78 is 0. The van der Waals surface area contributed by atoms with Crippen LogP contribution >= 0.6 is 11.3 Å². The highest BCUT2D eigenvalue weighted by Gasteiger charge is 2.11. The highest BCUT2D eigenvalue weighted by atomic mass is 32.1. The van der Waals surface area contributed by atoms with Gasteiger partial charge >= 0.3 is 0 Å². The van der Waals surface area contributed by atoms with Crippen molar-refractivity contribution in [2.24, 2.45) is 0 Å². The Labute approximate surface area is 162 Å². The fourth-order valence-electron chi connectivity index (χ4n) is 2.69.